The fraction of sp³-hybridized carbons (Fsp3) is 0.316. The number of alkyl halides is 3. The molecule has 1 unspecified atom stereocenters. The van der Waals surface area contributed by atoms with Gasteiger partial charge in [0.25, 0.3) is 5.91 Å². The van der Waals surface area contributed by atoms with Crippen LogP contribution >= 0.6 is 0 Å². The molecule has 130 valence electrons. The second kappa shape index (κ2) is 5.79. The lowest BCUT2D eigenvalue weighted by atomic mass is 10.0. The SMILES string of the molecule is O=C1c2cc(-c3ccc(C(F)(F)F)cc3)ccc2OCC2CCCN12. The molecule has 0 radical (unpaired) electrons. The number of halogens is 3. The van der Waals surface area contributed by atoms with Crippen LogP contribution in [0.2, 0.25) is 0 Å². The molecule has 2 aliphatic heterocycles. The minimum absolute atomic E-state index is 0.0660. The van der Waals surface area contributed by atoms with E-state index in [2.05, 4.69) is 0 Å². The van der Waals surface area contributed by atoms with Crippen molar-refractivity contribution in [3.05, 3.63) is 53.6 Å². The summed E-state index contributed by atoms with van der Waals surface area (Å²) in [6.07, 6.45) is -2.46. The molecule has 6 heteroatoms. The number of benzene rings is 2. The highest BCUT2D eigenvalue weighted by Crippen LogP contribution is 2.34. The summed E-state index contributed by atoms with van der Waals surface area (Å²) in [6, 6.07) is 10.3. The van der Waals surface area contributed by atoms with E-state index in [1.807, 2.05) is 4.90 Å². The smallest absolute Gasteiger partial charge is 0.416 e. The molecule has 2 heterocycles. The normalized spacial score (nSPS) is 19.9. The molecule has 0 aliphatic carbocycles. The first-order valence-corrected chi connectivity index (χ1v) is 8.19. The zero-order valence-electron chi connectivity index (χ0n) is 13.3. The molecule has 0 N–H and O–H groups in total. The van der Waals surface area contributed by atoms with Gasteiger partial charge < -0.3 is 9.64 Å². The maximum atomic E-state index is 12.8. The molecule has 2 aromatic carbocycles. The second-order valence-corrected chi connectivity index (χ2v) is 6.39. The van der Waals surface area contributed by atoms with E-state index in [1.54, 1.807) is 18.2 Å². The average Bonchev–Trinajstić information content (AvgIpc) is 3.02. The fourth-order valence-electron chi connectivity index (χ4n) is 3.47. The van der Waals surface area contributed by atoms with E-state index < -0.39 is 11.7 Å². The van der Waals surface area contributed by atoms with E-state index in [4.69, 9.17) is 4.74 Å². The Morgan fingerprint density at radius 2 is 1.76 bits per heavy atom. The van der Waals surface area contributed by atoms with Crippen molar-refractivity contribution in [2.24, 2.45) is 0 Å². The van der Waals surface area contributed by atoms with Gasteiger partial charge >= 0.3 is 6.18 Å². The minimum atomic E-state index is -4.36. The van der Waals surface area contributed by atoms with Crippen molar-refractivity contribution in [3.8, 4) is 16.9 Å². The van der Waals surface area contributed by atoms with Crippen LogP contribution in [-0.2, 0) is 6.18 Å². The first-order chi connectivity index (χ1) is 11.9. The molecule has 0 saturated carbocycles. The third kappa shape index (κ3) is 2.86. The Hall–Kier alpha value is -2.50. The van der Waals surface area contributed by atoms with E-state index in [-0.39, 0.29) is 11.9 Å². The highest BCUT2D eigenvalue weighted by molar-refractivity contribution is 5.99. The summed E-state index contributed by atoms with van der Waals surface area (Å²) in [4.78, 5) is 14.6. The molecule has 0 aromatic heterocycles. The van der Waals surface area contributed by atoms with Gasteiger partial charge in [0.1, 0.15) is 12.4 Å². The van der Waals surface area contributed by atoms with Gasteiger partial charge in [0.2, 0.25) is 0 Å². The third-order valence-electron chi connectivity index (χ3n) is 4.82. The third-order valence-corrected chi connectivity index (χ3v) is 4.82. The first kappa shape index (κ1) is 16.0. The summed E-state index contributed by atoms with van der Waals surface area (Å²) < 4.78 is 43.9. The van der Waals surface area contributed by atoms with Crippen molar-refractivity contribution in [3.63, 3.8) is 0 Å². The van der Waals surface area contributed by atoms with Crippen LogP contribution in [0.1, 0.15) is 28.8 Å². The van der Waals surface area contributed by atoms with Crippen LogP contribution in [0.25, 0.3) is 11.1 Å². The maximum Gasteiger partial charge on any atom is 0.416 e. The van der Waals surface area contributed by atoms with Crippen molar-refractivity contribution >= 4 is 5.91 Å². The Bertz CT molecular complexity index is 814. The molecule has 1 atom stereocenters. The molecule has 3 nitrogen and oxygen atoms in total. The number of amides is 1. The summed E-state index contributed by atoms with van der Waals surface area (Å²) in [7, 11) is 0. The molecular formula is C19H16F3NO2. The largest absolute Gasteiger partial charge is 0.491 e. The van der Waals surface area contributed by atoms with Crippen molar-refractivity contribution in [1.82, 2.24) is 4.90 Å². The minimum Gasteiger partial charge on any atom is -0.491 e. The molecular weight excluding hydrogens is 331 g/mol. The lowest BCUT2D eigenvalue weighted by molar-refractivity contribution is -0.137. The van der Waals surface area contributed by atoms with Gasteiger partial charge in [-0.2, -0.15) is 13.2 Å². The van der Waals surface area contributed by atoms with Crippen molar-refractivity contribution in [2.75, 3.05) is 13.2 Å². The number of hydrogen-bond donors (Lipinski definition) is 0. The van der Waals surface area contributed by atoms with Gasteiger partial charge in [-0.25, -0.2) is 0 Å². The predicted molar refractivity (Wildman–Crippen MR) is 86.4 cm³/mol. The first-order valence-electron chi connectivity index (χ1n) is 8.19. The fourth-order valence-corrected chi connectivity index (χ4v) is 3.47. The van der Waals surface area contributed by atoms with Crippen LogP contribution < -0.4 is 4.74 Å². The van der Waals surface area contributed by atoms with Crippen LogP contribution in [0, 0.1) is 0 Å². The molecule has 2 aliphatic rings. The van der Waals surface area contributed by atoms with Gasteiger partial charge in [0.05, 0.1) is 17.2 Å². The zero-order chi connectivity index (χ0) is 17.6. The van der Waals surface area contributed by atoms with Crippen molar-refractivity contribution in [1.29, 1.82) is 0 Å². The number of hydrogen-bond acceptors (Lipinski definition) is 2. The molecule has 1 fully saturated rings. The molecule has 4 rings (SSSR count). The van der Waals surface area contributed by atoms with Gasteiger partial charge in [-0.3, -0.25) is 4.79 Å². The molecule has 0 spiro atoms. The number of carbonyl (C=O) groups is 1. The number of ether oxygens (including phenoxy) is 1. The Kier molecular flexibility index (Phi) is 3.71. The quantitative estimate of drug-likeness (QED) is 0.767. The van der Waals surface area contributed by atoms with E-state index in [1.165, 1.54) is 12.1 Å². The maximum absolute atomic E-state index is 12.8. The molecule has 0 bridgehead atoms. The standard InChI is InChI=1S/C19H16F3NO2/c20-19(21,22)14-6-3-12(4-7-14)13-5-8-17-16(10-13)18(24)23-9-1-2-15(23)11-25-17/h3-8,10,15H,1-2,9,11H2. The summed E-state index contributed by atoms with van der Waals surface area (Å²) >= 11 is 0. The average molecular weight is 347 g/mol. The van der Waals surface area contributed by atoms with Crippen LogP contribution in [0.3, 0.4) is 0 Å². The topological polar surface area (TPSA) is 29.5 Å². The summed E-state index contributed by atoms with van der Waals surface area (Å²) in [6.45, 7) is 1.20. The van der Waals surface area contributed by atoms with Gasteiger partial charge in [-0.05, 0) is 48.2 Å². The van der Waals surface area contributed by atoms with Crippen molar-refractivity contribution in [2.45, 2.75) is 25.1 Å². The highest BCUT2D eigenvalue weighted by Gasteiger charge is 2.34. The van der Waals surface area contributed by atoms with Gasteiger partial charge in [0.15, 0.2) is 0 Å². The number of fused-ring (bicyclic) bond motifs is 2. The molecule has 25 heavy (non-hydrogen) atoms. The van der Waals surface area contributed by atoms with Crippen LogP contribution in [0.15, 0.2) is 42.5 Å². The lowest BCUT2D eigenvalue weighted by Crippen LogP contribution is -2.36. The Labute approximate surface area is 143 Å². The number of nitrogens with zero attached hydrogens (tertiary/aromatic N) is 1. The Balaban J connectivity index is 1.69. The predicted octanol–water partition coefficient (Wildman–Crippen LogP) is 4.37. The Morgan fingerprint density at radius 1 is 1.04 bits per heavy atom. The summed E-state index contributed by atoms with van der Waals surface area (Å²) in [5, 5.41) is 0. The zero-order valence-corrected chi connectivity index (χ0v) is 13.3. The van der Waals surface area contributed by atoms with Gasteiger partial charge in [0, 0.05) is 6.54 Å². The number of rotatable bonds is 1. The van der Waals surface area contributed by atoms with Crippen LogP contribution in [0.4, 0.5) is 13.2 Å². The van der Waals surface area contributed by atoms with Gasteiger partial charge in [-0.15, -0.1) is 0 Å². The van der Waals surface area contributed by atoms with Crippen LogP contribution in [0.5, 0.6) is 5.75 Å². The molecule has 1 amide bonds. The van der Waals surface area contributed by atoms with E-state index in [9.17, 15) is 18.0 Å². The number of carbonyl (C=O) groups excluding carboxylic acids is 1. The monoisotopic (exact) mass is 347 g/mol. The molecule has 1 saturated heterocycles. The van der Waals surface area contributed by atoms with Crippen LogP contribution in [-0.4, -0.2) is 30.0 Å². The van der Waals surface area contributed by atoms with Gasteiger partial charge in [-0.1, -0.05) is 18.2 Å². The van der Waals surface area contributed by atoms with E-state index in [0.29, 0.717) is 29.0 Å². The Morgan fingerprint density at radius 3 is 2.48 bits per heavy atom. The van der Waals surface area contributed by atoms with Crippen molar-refractivity contribution < 1.29 is 22.7 Å². The highest BCUT2D eigenvalue weighted by atomic mass is 19.4. The van der Waals surface area contributed by atoms with E-state index in [0.717, 1.165) is 31.5 Å². The second-order valence-electron chi connectivity index (χ2n) is 6.39. The summed E-state index contributed by atoms with van der Waals surface area (Å²) in [5.41, 5.74) is 1.11. The lowest BCUT2D eigenvalue weighted by Gasteiger charge is -2.20. The molecule has 2 aromatic rings. The summed E-state index contributed by atoms with van der Waals surface area (Å²) in [5.74, 6) is 0.471. The van der Waals surface area contributed by atoms with E-state index >= 15 is 0 Å².